The Hall–Kier alpha value is -3.13. The van der Waals surface area contributed by atoms with Crippen LogP contribution >= 0.6 is 0 Å². The molecule has 2 heteroatoms. The van der Waals surface area contributed by atoms with Gasteiger partial charge in [0, 0.05) is 11.6 Å². The van der Waals surface area contributed by atoms with Crippen molar-refractivity contribution in [2.45, 2.75) is 31.7 Å². The highest BCUT2D eigenvalue weighted by Crippen LogP contribution is 2.40. The first kappa shape index (κ1) is 18.2. The fraction of sp³-hybridized carbons (Fsp3) is 0.192. The standard InChI is InChI=1S/C26H26N2/c1-25(2,3)24-19-20-28(27-24)26(21-13-7-4-8-14-21,22-15-9-5-10-16-22)23-17-11-6-12-18-23/h4-20H,1-3H3. The first-order valence-electron chi connectivity index (χ1n) is 9.76. The van der Waals surface area contributed by atoms with Crippen LogP contribution in [0, 0.1) is 0 Å². The third kappa shape index (κ3) is 3.05. The Morgan fingerprint density at radius 1 is 0.571 bits per heavy atom. The maximum atomic E-state index is 5.10. The van der Waals surface area contributed by atoms with Gasteiger partial charge in [-0.15, -0.1) is 0 Å². The fourth-order valence-electron chi connectivity index (χ4n) is 3.85. The average molecular weight is 367 g/mol. The summed E-state index contributed by atoms with van der Waals surface area (Å²) in [5.41, 5.74) is 4.11. The lowest BCUT2D eigenvalue weighted by Gasteiger charge is -2.36. The summed E-state index contributed by atoms with van der Waals surface area (Å²) in [4.78, 5) is 0. The predicted molar refractivity (Wildman–Crippen MR) is 116 cm³/mol. The van der Waals surface area contributed by atoms with Crippen molar-refractivity contribution < 1.29 is 0 Å². The van der Waals surface area contributed by atoms with Crippen molar-refractivity contribution in [3.8, 4) is 0 Å². The third-order valence-corrected chi connectivity index (χ3v) is 5.28. The third-order valence-electron chi connectivity index (χ3n) is 5.28. The first-order chi connectivity index (χ1) is 13.5. The van der Waals surface area contributed by atoms with Gasteiger partial charge >= 0.3 is 0 Å². The van der Waals surface area contributed by atoms with Crippen LogP contribution in [0.2, 0.25) is 0 Å². The zero-order chi connectivity index (χ0) is 19.6. The molecule has 3 aromatic carbocycles. The van der Waals surface area contributed by atoms with Crippen LogP contribution in [0.3, 0.4) is 0 Å². The van der Waals surface area contributed by atoms with Crippen LogP contribution in [0.5, 0.6) is 0 Å². The van der Waals surface area contributed by atoms with Crippen LogP contribution in [-0.2, 0) is 11.0 Å². The number of rotatable bonds is 4. The van der Waals surface area contributed by atoms with Crippen LogP contribution in [-0.4, -0.2) is 9.78 Å². The van der Waals surface area contributed by atoms with E-state index in [1.54, 1.807) is 0 Å². The van der Waals surface area contributed by atoms with Crippen LogP contribution < -0.4 is 0 Å². The molecule has 140 valence electrons. The van der Waals surface area contributed by atoms with E-state index in [1.807, 2.05) is 0 Å². The minimum atomic E-state index is -0.534. The molecule has 1 heterocycles. The summed E-state index contributed by atoms with van der Waals surface area (Å²) in [6.45, 7) is 6.61. The van der Waals surface area contributed by atoms with Gasteiger partial charge in [0.05, 0.1) is 5.69 Å². The van der Waals surface area contributed by atoms with Crippen molar-refractivity contribution in [3.05, 3.63) is 126 Å². The average Bonchev–Trinajstić information content (AvgIpc) is 3.22. The smallest absolute Gasteiger partial charge is 0.137 e. The molecule has 0 saturated carbocycles. The van der Waals surface area contributed by atoms with E-state index in [0.717, 1.165) is 5.69 Å². The highest BCUT2D eigenvalue weighted by molar-refractivity contribution is 5.50. The molecule has 1 aromatic heterocycles. The van der Waals surface area contributed by atoms with Gasteiger partial charge in [-0.3, -0.25) is 4.68 Å². The van der Waals surface area contributed by atoms with Crippen molar-refractivity contribution >= 4 is 0 Å². The highest BCUT2D eigenvalue weighted by atomic mass is 15.3. The molecule has 0 atom stereocenters. The molecule has 0 saturated heterocycles. The van der Waals surface area contributed by atoms with Gasteiger partial charge in [0.15, 0.2) is 0 Å². The molecule has 0 aliphatic carbocycles. The molecule has 0 fully saturated rings. The minimum absolute atomic E-state index is 0.0128. The second-order valence-electron chi connectivity index (χ2n) is 8.20. The molecule has 0 amide bonds. The van der Waals surface area contributed by atoms with Crippen LogP contribution in [0.1, 0.15) is 43.2 Å². The number of hydrogen-bond donors (Lipinski definition) is 0. The van der Waals surface area contributed by atoms with E-state index < -0.39 is 5.54 Å². The summed E-state index contributed by atoms with van der Waals surface area (Å²) in [6.07, 6.45) is 2.12. The molecule has 0 spiro atoms. The lowest BCUT2D eigenvalue weighted by Crippen LogP contribution is -2.38. The van der Waals surface area contributed by atoms with Crippen molar-refractivity contribution in [2.75, 3.05) is 0 Å². The SMILES string of the molecule is CC(C)(C)c1ccn(C(c2ccccc2)(c2ccccc2)c2ccccc2)n1. The normalized spacial score (nSPS) is 12.1. The molecule has 0 aliphatic rings. The van der Waals surface area contributed by atoms with Gasteiger partial charge in [0.1, 0.15) is 5.54 Å². The lowest BCUT2D eigenvalue weighted by atomic mass is 9.77. The number of hydrogen-bond acceptors (Lipinski definition) is 1. The Kier molecular flexibility index (Phi) is 4.64. The number of nitrogens with zero attached hydrogens (tertiary/aromatic N) is 2. The van der Waals surface area contributed by atoms with E-state index >= 15 is 0 Å². The second kappa shape index (κ2) is 7.12. The largest absolute Gasteiger partial charge is 0.253 e. The fourth-order valence-corrected chi connectivity index (χ4v) is 3.85. The molecule has 4 rings (SSSR count). The molecule has 0 unspecified atom stereocenters. The molecule has 0 N–H and O–H groups in total. The summed E-state index contributed by atoms with van der Waals surface area (Å²) >= 11 is 0. The number of benzene rings is 3. The highest BCUT2D eigenvalue weighted by Gasteiger charge is 2.39. The van der Waals surface area contributed by atoms with Crippen molar-refractivity contribution in [2.24, 2.45) is 0 Å². The summed E-state index contributed by atoms with van der Waals surface area (Å²) in [6, 6.07) is 34.1. The topological polar surface area (TPSA) is 17.8 Å². The van der Waals surface area contributed by atoms with Gasteiger partial charge in [0.2, 0.25) is 0 Å². The van der Waals surface area contributed by atoms with Gasteiger partial charge in [0.25, 0.3) is 0 Å². The van der Waals surface area contributed by atoms with E-state index in [4.69, 9.17) is 5.10 Å². The maximum absolute atomic E-state index is 5.10. The van der Waals surface area contributed by atoms with Crippen LogP contribution in [0.25, 0.3) is 0 Å². The zero-order valence-corrected chi connectivity index (χ0v) is 16.7. The summed E-state index contributed by atoms with van der Waals surface area (Å²) in [5.74, 6) is 0. The molecule has 4 aromatic rings. The molecular weight excluding hydrogens is 340 g/mol. The predicted octanol–water partition coefficient (Wildman–Crippen LogP) is 6.02. The molecule has 0 radical (unpaired) electrons. The summed E-state index contributed by atoms with van der Waals surface area (Å²) in [7, 11) is 0. The second-order valence-corrected chi connectivity index (χ2v) is 8.20. The van der Waals surface area contributed by atoms with Gasteiger partial charge in [-0.2, -0.15) is 5.10 Å². The maximum Gasteiger partial charge on any atom is 0.137 e. The van der Waals surface area contributed by atoms with E-state index in [-0.39, 0.29) is 5.41 Å². The van der Waals surface area contributed by atoms with Crippen molar-refractivity contribution in [3.63, 3.8) is 0 Å². The Morgan fingerprint density at radius 3 is 1.29 bits per heavy atom. The van der Waals surface area contributed by atoms with Gasteiger partial charge < -0.3 is 0 Å². The van der Waals surface area contributed by atoms with Crippen LogP contribution in [0.4, 0.5) is 0 Å². The van der Waals surface area contributed by atoms with E-state index in [0.29, 0.717) is 0 Å². The Bertz CT molecular complexity index is 929. The van der Waals surface area contributed by atoms with Crippen LogP contribution in [0.15, 0.2) is 103 Å². The van der Waals surface area contributed by atoms with Gasteiger partial charge in [-0.1, -0.05) is 112 Å². The monoisotopic (exact) mass is 366 g/mol. The van der Waals surface area contributed by atoms with E-state index in [1.165, 1.54) is 16.7 Å². The first-order valence-corrected chi connectivity index (χ1v) is 9.76. The molecule has 0 aliphatic heterocycles. The summed E-state index contributed by atoms with van der Waals surface area (Å²) in [5, 5.41) is 5.10. The Morgan fingerprint density at radius 2 is 0.964 bits per heavy atom. The van der Waals surface area contributed by atoms with E-state index in [2.05, 4.69) is 129 Å². The van der Waals surface area contributed by atoms with Gasteiger partial charge in [-0.05, 0) is 22.8 Å². The lowest BCUT2D eigenvalue weighted by molar-refractivity contribution is 0.442. The quantitative estimate of drug-likeness (QED) is 0.404. The minimum Gasteiger partial charge on any atom is -0.253 e. The van der Waals surface area contributed by atoms with Gasteiger partial charge in [-0.25, -0.2) is 0 Å². The van der Waals surface area contributed by atoms with E-state index in [9.17, 15) is 0 Å². The summed E-state index contributed by atoms with van der Waals surface area (Å²) < 4.78 is 2.13. The van der Waals surface area contributed by atoms with Crippen molar-refractivity contribution in [1.29, 1.82) is 0 Å². The molecule has 28 heavy (non-hydrogen) atoms. The zero-order valence-electron chi connectivity index (χ0n) is 16.7. The molecule has 2 nitrogen and oxygen atoms in total. The Labute approximate surface area is 167 Å². The Balaban J connectivity index is 2.09. The molecular formula is C26H26N2. The number of aromatic nitrogens is 2. The molecule has 0 bridgehead atoms. The van der Waals surface area contributed by atoms with Crippen molar-refractivity contribution in [1.82, 2.24) is 9.78 Å².